The van der Waals surface area contributed by atoms with Crippen LogP contribution in [0.25, 0.3) is 11.5 Å². The van der Waals surface area contributed by atoms with Gasteiger partial charge < -0.3 is 14.2 Å². The third kappa shape index (κ3) is 2.33. The van der Waals surface area contributed by atoms with E-state index in [1.54, 1.807) is 0 Å². The van der Waals surface area contributed by atoms with Crippen molar-refractivity contribution in [3.05, 3.63) is 30.1 Å². The van der Waals surface area contributed by atoms with Crippen LogP contribution in [0, 0.1) is 0 Å². The molecule has 1 aliphatic rings. The van der Waals surface area contributed by atoms with Gasteiger partial charge in [-0.15, -0.1) is 0 Å². The van der Waals surface area contributed by atoms with E-state index in [-0.39, 0.29) is 5.92 Å². The molecule has 0 radical (unpaired) electrons. The molecule has 1 aromatic heterocycles. The summed E-state index contributed by atoms with van der Waals surface area (Å²) in [5.74, 6) is 1.59. The lowest BCUT2D eigenvalue weighted by Gasteiger charge is -2.14. The van der Waals surface area contributed by atoms with Crippen LogP contribution in [0.3, 0.4) is 0 Å². The zero-order valence-corrected chi connectivity index (χ0v) is 11.2. The van der Waals surface area contributed by atoms with Crippen LogP contribution in [0.15, 0.2) is 28.8 Å². The number of aromatic nitrogens is 2. The highest BCUT2D eigenvalue weighted by Gasteiger charge is 2.24. The van der Waals surface area contributed by atoms with Crippen molar-refractivity contribution in [1.29, 1.82) is 0 Å². The lowest BCUT2D eigenvalue weighted by atomic mass is 10.1. The zero-order chi connectivity index (χ0) is 13.2. The Morgan fingerprint density at radius 3 is 2.84 bits per heavy atom. The molecule has 5 heteroatoms. The Hall–Kier alpha value is -1.88. The van der Waals surface area contributed by atoms with Gasteiger partial charge in [0.15, 0.2) is 5.82 Å². The minimum Gasteiger partial charge on any atom is -0.381 e. The van der Waals surface area contributed by atoms with Crippen LogP contribution >= 0.6 is 0 Å². The first kappa shape index (κ1) is 12.2. The summed E-state index contributed by atoms with van der Waals surface area (Å²) in [7, 11) is 4.00. The number of benzene rings is 1. The Morgan fingerprint density at radius 2 is 2.11 bits per heavy atom. The Morgan fingerprint density at radius 1 is 1.26 bits per heavy atom. The summed E-state index contributed by atoms with van der Waals surface area (Å²) < 4.78 is 10.8. The number of hydrogen-bond donors (Lipinski definition) is 0. The summed E-state index contributed by atoms with van der Waals surface area (Å²) in [6.45, 7) is 1.47. The molecule has 2 heterocycles. The van der Waals surface area contributed by atoms with Crippen molar-refractivity contribution in [3.63, 3.8) is 0 Å². The van der Waals surface area contributed by atoms with Gasteiger partial charge in [0.1, 0.15) is 0 Å². The molecular formula is C14H17N3O2. The molecule has 1 aliphatic heterocycles. The van der Waals surface area contributed by atoms with Crippen molar-refractivity contribution in [3.8, 4) is 11.5 Å². The van der Waals surface area contributed by atoms with E-state index in [0.717, 1.165) is 30.1 Å². The first-order chi connectivity index (χ1) is 9.25. The Balaban J connectivity index is 1.94. The van der Waals surface area contributed by atoms with Gasteiger partial charge in [0, 0.05) is 32.3 Å². The minimum atomic E-state index is 0.268. The molecule has 0 unspecified atom stereocenters. The molecule has 1 atom stereocenters. The average molecular weight is 259 g/mol. The highest BCUT2D eigenvalue weighted by atomic mass is 16.5. The van der Waals surface area contributed by atoms with Crippen molar-refractivity contribution >= 4 is 5.69 Å². The predicted molar refractivity (Wildman–Crippen MR) is 72.2 cm³/mol. The van der Waals surface area contributed by atoms with Gasteiger partial charge in [-0.1, -0.05) is 17.3 Å². The topological polar surface area (TPSA) is 51.4 Å². The molecule has 0 aliphatic carbocycles. The van der Waals surface area contributed by atoms with Crippen molar-refractivity contribution in [2.24, 2.45) is 0 Å². The number of anilines is 1. The van der Waals surface area contributed by atoms with E-state index in [1.807, 2.05) is 43.3 Å². The van der Waals surface area contributed by atoms with Crippen LogP contribution in [0.1, 0.15) is 18.2 Å². The van der Waals surface area contributed by atoms with Crippen molar-refractivity contribution in [2.45, 2.75) is 12.3 Å². The largest absolute Gasteiger partial charge is 0.381 e. The summed E-state index contributed by atoms with van der Waals surface area (Å²) in [5, 5.41) is 4.09. The first-order valence-corrected chi connectivity index (χ1v) is 6.44. The molecule has 100 valence electrons. The van der Waals surface area contributed by atoms with E-state index in [0.29, 0.717) is 12.5 Å². The van der Waals surface area contributed by atoms with Gasteiger partial charge in [-0.2, -0.15) is 4.98 Å². The molecule has 0 spiro atoms. The van der Waals surface area contributed by atoms with Gasteiger partial charge in [-0.25, -0.2) is 0 Å². The smallest absolute Gasteiger partial charge is 0.260 e. The van der Waals surface area contributed by atoms with Gasteiger partial charge in [-0.3, -0.25) is 0 Å². The second kappa shape index (κ2) is 5.01. The van der Waals surface area contributed by atoms with Gasteiger partial charge in [0.2, 0.25) is 0 Å². The van der Waals surface area contributed by atoms with E-state index in [2.05, 4.69) is 10.1 Å². The number of ether oxygens (including phenoxy) is 1. The first-order valence-electron chi connectivity index (χ1n) is 6.44. The standard InChI is InChI=1S/C14H17N3O2/c1-17(2)12-6-4-3-5-11(12)14-15-13(16-19-14)10-7-8-18-9-10/h3-6,10H,7-9H2,1-2H3/t10-/m0/s1. The highest BCUT2D eigenvalue weighted by molar-refractivity contribution is 5.72. The van der Waals surface area contributed by atoms with Gasteiger partial charge >= 0.3 is 0 Å². The van der Waals surface area contributed by atoms with Crippen LogP contribution in [0.2, 0.25) is 0 Å². The second-order valence-corrected chi connectivity index (χ2v) is 4.93. The molecular weight excluding hydrogens is 242 g/mol. The molecule has 5 nitrogen and oxygen atoms in total. The van der Waals surface area contributed by atoms with Crippen molar-refractivity contribution in [1.82, 2.24) is 10.1 Å². The molecule has 2 aromatic rings. The predicted octanol–water partition coefficient (Wildman–Crippen LogP) is 2.31. The number of hydrogen-bond acceptors (Lipinski definition) is 5. The van der Waals surface area contributed by atoms with Crippen molar-refractivity contribution < 1.29 is 9.26 Å². The Kier molecular flexibility index (Phi) is 3.21. The van der Waals surface area contributed by atoms with E-state index in [9.17, 15) is 0 Å². The van der Waals surface area contributed by atoms with Crippen LogP contribution in [-0.4, -0.2) is 37.4 Å². The summed E-state index contributed by atoms with van der Waals surface area (Å²) in [4.78, 5) is 6.56. The molecule has 19 heavy (non-hydrogen) atoms. The third-order valence-electron chi connectivity index (χ3n) is 3.35. The van der Waals surface area contributed by atoms with Crippen LogP contribution in [-0.2, 0) is 4.74 Å². The van der Waals surface area contributed by atoms with Gasteiger partial charge in [-0.05, 0) is 18.6 Å². The average Bonchev–Trinajstić information content (AvgIpc) is 3.09. The van der Waals surface area contributed by atoms with E-state index < -0.39 is 0 Å². The van der Waals surface area contributed by atoms with Crippen LogP contribution in [0.4, 0.5) is 5.69 Å². The molecule has 0 saturated carbocycles. The molecule has 1 aromatic carbocycles. The maximum atomic E-state index is 5.41. The number of nitrogens with zero attached hydrogens (tertiary/aromatic N) is 3. The maximum absolute atomic E-state index is 5.41. The summed E-state index contributed by atoms with van der Waals surface area (Å²) >= 11 is 0. The lowest BCUT2D eigenvalue weighted by Crippen LogP contribution is -2.09. The fourth-order valence-corrected chi connectivity index (χ4v) is 2.29. The number of rotatable bonds is 3. The second-order valence-electron chi connectivity index (χ2n) is 4.93. The fourth-order valence-electron chi connectivity index (χ4n) is 2.29. The number of para-hydroxylation sites is 1. The van der Waals surface area contributed by atoms with Crippen molar-refractivity contribution in [2.75, 3.05) is 32.2 Å². The molecule has 3 rings (SSSR count). The molecule has 0 amide bonds. The van der Waals surface area contributed by atoms with Gasteiger partial charge in [0.05, 0.1) is 12.2 Å². The zero-order valence-electron chi connectivity index (χ0n) is 11.2. The van der Waals surface area contributed by atoms with Gasteiger partial charge in [0.25, 0.3) is 5.89 Å². The monoisotopic (exact) mass is 259 g/mol. The van der Waals surface area contributed by atoms with E-state index >= 15 is 0 Å². The Bertz CT molecular complexity index is 559. The minimum absolute atomic E-state index is 0.268. The van der Waals surface area contributed by atoms with Crippen LogP contribution in [0.5, 0.6) is 0 Å². The Labute approximate surface area is 112 Å². The summed E-state index contributed by atoms with van der Waals surface area (Å²) in [5.41, 5.74) is 2.03. The molecule has 0 N–H and O–H groups in total. The summed E-state index contributed by atoms with van der Waals surface area (Å²) in [6.07, 6.45) is 0.967. The molecule has 1 saturated heterocycles. The quantitative estimate of drug-likeness (QED) is 0.846. The maximum Gasteiger partial charge on any atom is 0.260 e. The SMILES string of the molecule is CN(C)c1ccccc1-c1nc([C@H]2CCOC2)no1. The van der Waals surface area contributed by atoms with E-state index in [4.69, 9.17) is 9.26 Å². The molecule has 0 bridgehead atoms. The van der Waals surface area contributed by atoms with Crippen LogP contribution < -0.4 is 4.90 Å². The lowest BCUT2D eigenvalue weighted by molar-refractivity contribution is 0.192. The summed E-state index contributed by atoms with van der Waals surface area (Å²) in [6, 6.07) is 8.02. The third-order valence-corrected chi connectivity index (χ3v) is 3.35. The highest BCUT2D eigenvalue weighted by Crippen LogP contribution is 2.30. The molecule has 1 fully saturated rings. The normalized spacial score (nSPS) is 18.7. The fraction of sp³-hybridized carbons (Fsp3) is 0.429. The van der Waals surface area contributed by atoms with E-state index in [1.165, 1.54) is 0 Å².